The highest BCUT2D eigenvalue weighted by Gasteiger charge is 2.42. The Morgan fingerprint density at radius 3 is 2.71 bits per heavy atom. The second-order valence-corrected chi connectivity index (χ2v) is 5.72. The second-order valence-electron chi connectivity index (χ2n) is 3.54. The number of rotatable bonds is 4. The van der Waals surface area contributed by atoms with Crippen LogP contribution < -0.4 is 5.32 Å². The van der Waals surface area contributed by atoms with Gasteiger partial charge in [0.2, 0.25) is 0 Å². The van der Waals surface area contributed by atoms with E-state index in [9.17, 15) is 8.42 Å². The molecular weight excluding hydrogens is 204 g/mol. The minimum absolute atomic E-state index is 0.0429. The molecule has 6 heteroatoms. The zero-order valence-electron chi connectivity index (χ0n) is 7.86. The van der Waals surface area contributed by atoms with Crippen LogP contribution in [-0.2, 0) is 9.84 Å². The molecule has 1 rings (SSSR count). The fourth-order valence-electron chi connectivity index (χ4n) is 1.52. The van der Waals surface area contributed by atoms with E-state index in [1.807, 2.05) is 6.07 Å². The fraction of sp³-hybridized carbons (Fsp3) is 0.875. The maximum atomic E-state index is 11.2. The van der Waals surface area contributed by atoms with Gasteiger partial charge in [-0.25, -0.2) is 8.42 Å². The third-order valence-electron chi connectivity index (χ3n) is 2.32. The highest BCUT2D eigenvalue weighted by molar-refractivity contribution is 7.91. The van der Waals surface area contributed by atoms with Gasteiger partial charge >= 0.3 is 0 Å². The van der Waals surface area contributed by atoms with E-state index in [1.165, 1.54) is 0 Å². The van der Waals surface area contributed by atoms with Crippen molar-refractivity contribution in [1.82, 2.24) is 5.32 Å². The van der Waals surface area contributed by atoms with Gasteiger partial charge in [0.25, 0.3) is 0 Å². The van der Waals surface area contributed by atoms with Crippen LogP contribution in [0.1, 0.15) is 12.8 Å². The van der Waals surface area contributed by atoms with Crippen molar-refractivity contribution in [3.63, 3.8) is 0 Å². The first-order valence-electron chi connectivity index (χ1n) is 4.51. The third-order valence-corrected chi connectivity index (χ3v) is 4.08. The van der Waals surface area contributed by atoms with Gasteiger partial charge in [-0.15, -0.1) is 0 Å². The average Bonchev–Trinajstić information content (AvgIpc) is 2.44. The summed E-state index contributed by atoms with van der Waals surface area (Å²) in [5, 5.41) is 20.4. The molecule has 0 aromatic rings. The van der Waals surface area contributed by atoms with Crippen molar-refractivity contribution in [2.75, 3.05) is 24.7 Å². The predicted octanol–water partition coefficient (Wildman–Crippen LogP) is -0.961. The first kappa shape index (κ1) is 11.4. The molecule has 0 saturated carbocycles. The fourth-order valence-corrected chi connectivity index (χ4v) is 3.39. The van der Waals surface area contributed by atoms with Gasteiger partial charge in [-0.1, -0.05) is 0 Å². The lowest BCUT2D eigenvalue weighted by molar-refractivity contribution is 0.280. The van der Waals surface area contributed by atoms with E-state index in [0.29, 0.717) is 19.4 Å². The molecule has 0 aliphatic carbocycles. The van der Waals surface area contributed by atoms with Gasteiger partial charge in [-0.3, -0.25) is 5.32 Å². The van der Waals surface area contributed by atoms with Crippen LogP contribution in [-0.4, -0.2) is 43.7 Å². The summed E-state index contributed by atoms with van der Waals surface area (Å²) in [7, 11) is -3.05. The number of nitrogens with zero attached hydrogens (tertiary/aromatic N) is 1. The Hall–Kier alpha value is -0.640. The minimum atomic E-state index is -3.05. The molecule has 5 nitrogen and oxygen atoms in total. The van der Waals surface area contributed by atoms with Gasteiger partial charge in [0.1, 0.15) is 5.54 Å². The van der Waals surface area contributed by atoms with Crippen molar-refractivity contribution in [3.8, 4) is 6.07 Å². The first-order valence-corrected chi connectivity index (χ1v) is 6.33. The maximum Gasteiger partial charge on any atom is 0.153 e. The quantitative estimate of drug-likeness (QED) is 0.593. The molecule has 1 aliphatic rings. The van der Waals surface area contributed by atoms with Gasteiger partial charge in [-0.2, -0.15) is 5.26 Å². The molecule has 0 aromatic heterocycles. The van der Waals surface area contributed by atoms with Gasteiger partial charge in [0.05, 0.1) is 17.6 Å². The average molecular weight is 218 g/mol. The van der Waals surface area contributed by atoms with Gasteiger partial charge in [-0.05, 0) is 19.4 Å². The zero-order valence-corrected chi connectivity index (χ0v) is 8.68. The molecule has 1 aliphatic heterocycles. The molecular formula is C8H14N2O3S. The van der Waals surface area contributed by atoms with E-state index < -0.39 is 15.4 Å². The van der Waals surface area contributed by atoms with Crippen LogP contribution in [0.25, 0.3) is 0 Å². The van der Waals surface area contributed by atoms with Crippen LogP contribution in [0.15, 0.2) is 0 Å². The molecule has 1 atom stereocenters. The summed E-state index contributed by atoms with van der Waals surface area (Å²) >= 11 is 0. The van der Waals surface area contributed by atoms with Gasteiger partial charge in [0, 0.05) is 6.61 Å². The summed E-state index contributed by atoms with van der Waals surface area (Å²) in [4.78, 5) is 0. The summed E-state index contributed by atoms with van der Waals surface area (Å²) in [6.45, 7) is 0.515. The Morgan fingerprint density at radius 1 is 1.57 bits per heavy atom. The Labute approximate surface area is 83.7 Å². The molecule has 2 N–H and O–H groups in total. The van der Waals surface area contributed by atoms with Crippen molar-refractivity contribution >= 4 is 9.84 Å². The maximum absolute atomic E-state index is 11.2. The van der Waals surface area contributed by atoms with E-state index in [0.717, 1.165) is 0 Å². The monoisotopic (exact) mass is 218 g/mol. The smallest absolute Gasteiger partial charge is 0.153 e. The highest BCUT2D eigenvalue weighted by Crippen LogP contribution is 2.22. The van der Waals surface area contributed by atoms with Crippen molar-refractivity contribution in [3.05, 3.63) is 0 Å². The Bertz CT molecular complexity index is 333. The predicted molar refractivity (Wildman–Crippen MR) is 51.3 cm³/mol. The summed E-state index contributed by atoms with van der Waals surface area (Å²) in [6, 6.07) is 2.02. The summed E-state index contributed by atoms with van der Waals surface area (Å²) in [5.41, 5.74) is -0.923. The molecule has 80 valence electrons. The van der Waals surface area contributed by atoms with Gasteiger partial charge in [0.15, 0.2) is 9.84 Å². The molecule has 0 radical (unpaired) electrons. The summed E-state index contributed by atoms with van der Waals surface area (Å²) in [5.74, 6) is -0.0331. The number of nitriles is 1. The first-order chi connectivity index (χ1) is 6.54. The Balaban J connectivity index is 2.58. The topological polar surface area (TPSA) is 90.2 Å². The van der Waals surface area contributed by atoms with Crippen LogP contribution in [0.3, 0.4) is 0 Å². The van der Waals surface area contributed by atoms with Crippen LogP contribution in [0.2, 0.25) is 0 Å². The van der Waals surface area contributed by atoms with Crippen molar-refractivity contribution in [2.45, 2.75) is 18.4 Å². The van der Waals surface area contributed by atoms with Crippen LogP contribution in [0, 0.1) is 11.3 Å². The number of hydrogen-bond donors (Lipinski definition) is 2. The van der Waals surface area contributed by atoms with Gasteiger partial charge < -0.3 is 5.11 Å². The number of aliphatic hydroxyl groups excluding tert-OH is 1. The lowest BCUT2D eigenvalue weighted by Gasteiger charge is -2.20. The molecule has 0 bridgehead atoms. The van der Waals surface area contributed by atoms with E-state index in [-0.39, 0.29) is 18.1 Å². The Kier molecular flexibility index (Phi) is 3.48. The number of nitrogens with one attached hydrogen (secondary N) is 1. The summed E-state index contributed by atoms with van der Waals surface area (Å²) in [6.07, 6.45) is 0.876. The SMILES string of the molecule is N#CC1(NCCCO)CCS(=O)(=O)C1. The highest BCUT2D eigenvalue weighted by atomic mass is 32.2. The molecule has 1 heterocycles. The lowest BCUT2D eigenvalue weighted by Crippen LogP contribution is -2.45. The van der Waals surface area contributed by atoms with Crippen molar-refractivity contribution in [1.29, 1.82) is 5.26 Å². The van der Waals surface area contributed by atoms with E-state index in [4.69, 9.17) is 10.4 Å². The number of hydrogen-bond acceptors (Lipinski definition) is 5. The molecule has 0 amide bonds. The minimum Gasteiger partial charge on any atom is -0.396 e. The molecule has 1 saturated heterocycles. The summed E-state index contributed by atoms with van der Waals surface area (Å²) < 4.78 is 22.4. The van der Waals surface area contributed by atoms with Crippen LogP contribution in [0.4, 0.5) is 0 Å². The molecule has 0 spiro atoms. The zero-order chi connectivity index (χ0) is 10.7. The molecule has 0 aromatic carbocycles. The van der Waals surface area contributed by atoms with E-state index in [1.54, 1.807) is 0 Å². The van der Waals surface area contributed by atoms with Crippen LogP contribution in [0.5, 0.6) is 0 Å². The van der Waals surface area contributed by atoms with E-state index in [2.05, 4.69) is 5.32 Å². The Morgan fingerprint density at radius 2 is 2.29 bits per heavy atom. The molecule has 1 fully saturated rings. The van der Waals surface area contributed by atoms with Crippen LogP contribution >= 0.6 is 0 Å². The number of aliphatic hydroxyl groups is 1. The normalized spacial score (nSPS) is 30.0. The third kappa shape index (κ3) is 2.67. The molecule has 14 heavy (non-hydrogen) atoms. The lowest BCUT2D eigenvalue weighted by atomic mass is 10.0. The molecule has 1 unspecified atom stereocenters. The van der Waals surface area contributed by atoms with Crippen molar-refractivity contribution < 1.29 is 13.5 Å². The standard InChI is InChI=1S/C8H14N2O3S/c9-6-8(10-3-1-4-11)2-5-14(12,13)7-8/h10-11H,1-5,7H2. The number of sulfone groups is 1. The van der Waals surface area contributed by atoms with E-state index >= 15 is 0 Å². The second kappa shape index (κ2) is 4.26. The van der Waals surface area contributed by atoms with Crippen molar-refractivity contribution in [2.24, 2.45) is 0 Å². The largest absolute Gasteiger partial charge is 0.396 e.